The number of carbonyl (C=O) groups is 2. The van der Waals surface area contributed by atoms with Crippen LogP contribution in [0.25, 0.3) is 10.9 Å². The minimum Gasteiger partial charge on any atom is -0.456 e. The van der Waals surface area contributed by atoms with Gasteiger partial charge >= 0.3 is 5.97 Å². The van der Waals surface area contributed by atoms with E-state index in [0.717, 1.165) is 27.0 Å². The lowest BCUT2D eigenvalue weighted by Gasteiger charge is -2.09. The molecule has 0 atom stereocenters. The summed E-state index contributed by atoms with van der Waals surface area (Å²) in [5.74, 6) is -0.726. The molecule has 0 aliphatic heterocycles. The summed E-state index contributed by atoms with van der Waals surface area (Å²) in [5.41, 5.74) is 2.83. The Morgan fingerprint density at radius 2 is 1.88 bits per heavy atom. The molecule has 6 heteroatoms. The van der Waals surface area contributed by atoms with Crippen LogP contribution in [0, 0.1) is 0 Å². The van der Waals surface area contributed by atoms with Gasteiger partial charge in [-0.15, -0.1) is 11.8 Å². The molecule has 1 amide bonds. The number of rotatable bonds is 7. The van der Waals surface area contributed by atoms with Gasteiger partial charge in [0.15, 0.2) is 6.61 Å². The molecule has 0 bridgehead atoms. The maximum absolute atomic E-state index is 12.0. The fourth-order valence-electron chi connectivity index (χ4n) is 2.73. The predicted molar refractivity (Wildman–Crippen MR) is 104 cm³/mol. The van der Waals surface area contributed by atoms with Crippen LogP contribution in [0.3, 0.4) is 0 Å². The fourth-order valence-corrected chi connectivity index (χ4v) is 3.28. The topological polar surface area (TPSA) is 71.2 Å². The van der Waals surface area contributed by atoms with Crippen molar-refractivity contribution in [3.8, 4) is 0 Å². The van der Waals surface area contributed by atoms with Crippen molar-refractivity contribution < 1.29 is 14.3 Å². The highest BCUT2D eigenvalue weighted by Gasteiger charge is 2.11. The number of nitrogens with one attached hydrogen (secondary N) is 2. The third-order valence-electron chi connectivity index (χ3n) is 4.02. The minimum absolute atomic E-state index is 0.233. The lowest BCUT2D eigenvalue weighted by atomic mass is 10.1. The van der Waals surface area contributed by atoms with Crippen LogP contribution in [-0.4, -0.2) is 29.7 Å². The van der Waals surface area contributed by atoms with Crippen molar-refractivity contribution >= 4 is 40.2 Å². The number of aromatic amines is 1. The highest BCUT2D eigenvalue weighted by molar-refractivity contribution is 7.98. The van der Waals surface area contributed by atoms with Crippen molar-refractivity contribution in [3.05, 3.63) is 60.3 Å². The number of amides is 1. The van der Waals surface area contributed by atoms with Gasteiger partial charge in [-0.2, -0.15) is 0 Å². The van der Waals surface area contributed by atoms with Crippen LogP contribution in [0.2, 0.25) is 0 Å². The maximum atomic E-state index is 12.0. The third-order valence-corrected chi connectivity index (χ3v) is 4.81. The van der Waals surface area contributed by atoms with E-state index in [2.05, 4.69) is 10.3 Å². The van der Waals surface area contributed by atoms with Gasteiger partial charge in [0.1, 0.15) is 0 Å². The zero-order valence-electron chi connectivity index (χ0n) is 14.5. The zero-order valence-corrected chi connectivity index (χ0v) is 15.3. The number of thioether (sulfide) groups is 1. The van der Waals surface area contributed by atoms with Crippen LogP contribution < -0.4 is 5.32 Å². The zero-order chi connectivity index (χ0) is 18.4. The Labute approximate surface area is 156 Å². The van der Waals surface area contributed by atoms with E-state index in [1.807, 2.05) is 61.0 Å². The maximum Gasteiger partial charge on any atom is 0.306 e. The molecular formula is C20H20N2O3S. The molecule has 1 heterocycles. The Bertz CT molecular complexity index is 920. The van der Waals surface area contributed by atoms with E-state index in [1.165, 1.54) is 0 Å². The molecule has 0 spiro atoms. The predicted octanol–water partition coefficient (Wildman–Crippen LogP) is 4.00. The second-order valence-corrected chi connectivity index (χ2v) is 6.62. The third kappa shape index (κ3) is 4.46. The van der Waals surface area contributed by atoms with Crippen LogP contribution in [-0.2, 0) is 20.7 Å². The molecule has 2 N–H and O–H groups in total. The van der Waals surface area contributed by atoms with E-state index in [0.29, 0.717) is 6.42 Å². The van der Waals surface area contributed by atoms with Crippen LogP contribution in [0.1, 0.15) is 12.0 Å². The molecule has 1 aromatic heterocycles. The van der Waals surface area contributed by atoms with Gasteiger partial charge in [-0.1, -0.05) is 30.3 Å². The molecule has 3 aromatic rings. The SMILES string of the molecule is CSc1ccccc1NC(=O)COC(=O)CCc1c[nH]c2ccccc12. The summed E-state index contributed by atoms with van der Waals surface area (Å²) >= 11 is 1.54. The summed E-state index contributed by atoms with van der Waals surface area (Å²) in [6, 6.07) is 15.4. The molecule has 2 aromatic carbocycles. The fraction of sp³-hybridized carbons (Fsp3) is 0.200. The normalized spacial score (nSPS) is 10.7. The number of hydrogen-bond acceptors (Lipinski definition) is 4. The van der Waals surface area contributed by atoms with E-state index in [1.54, 1.807) is 11.8 Å². The van der Waals surface area contributed by atoms with Gasteiger partial charge < -0.3 is 15.0 Å². The molecule has 0 saturated carbocycles. The summed E-state index contributed by atoms with van der Waals surface area (Å²) in [5, 5.41) is 3.87. The van der Waals surface area contributed by atoms with Crippen LogP contribution in [0.5, 0.6) is 0 Å². The van der Waals surface area contributed by atoms with Crippen molar-refractivity contribution in [2.24, 2.45) is 0 Å². The first-order valence-electron chi connectivity index (χ1n) is 8.31. The van der Waals surface area contributed by atoms with Gasteiger partial charge in [-0.25, -0.2) is 0 Å². The first-order chi connectivity index (χ1) is 12.7. The molecule has 0 fully saturated rings. The molecule has 0 radical (unpaired) electrons. The van der Waals surface area contributed by atoms with Gasteiger partial charge in [-0.05, 0) is 36.4 Å². The smallest absolute Gasteiger partial charge is 0.306 e. The standard InChI is InChI=1S/C20H20N2O3S/c1-26-18-9-5-4-8-17(18)22-19(23)13-25-20(24)11-10-14-12-21-16-7-3-2-6-15(14)16/h2-9,12,21H,10-11,13H2,1H3,(H,22,23). The summed E-state index contributed by atoms with van der Waals surface area (Å²) in [6.07, 6.45) is 4.65. The van der Waals surface area contributed by atoms with Gasteiger partial charge in [0.25, 0.3) is 5.91 Å². The number of aromatic nitrogens is 1. The Hall–Kier alpha value is -2.73. The number of esters is 1. The number of carbonyl (C=O) groups excluding carboxylic acids is 2. The quantitative estimate of drug-likeness (QED) is 0.488. The average molecular weight is 368 g/mol. The molecule has 26 heavy (non-hydrogen) atoms. The van der Waals surface area contributed by atoms with Crippen LogP contribution >= 0.6 is 11.8 Å². The minimum atomic E-state index is -0.386. The summed E-state index contributed by atoms with van der Waals surface area (Å²) in [6.45, 7) is -0.282. The Balaban J connectivity index is 1.47. The van der Waals surface area contributed by atoms with Crippen molar-refractivity contribution in [2.75, 3.05) is 18.2 Å². The summed E-state index contributed by atoms with van der Waals surface area (Å²) in [4.78, 5) is 28.1. The Morgan fingerprint density at radius 1 is 1.12 bits per heavy atom. The molecule has 0 unspecified atom stereocenters. The Morgan fingerprint density at radius 3 is 2.73 bits per heavy atom. The Kier molecular flexibility index (Phi) is 5.96. The number of para-hydroxylation sites is 2. The molecule has 0 aliphatic carbocycles. The summed E-state index contributed by atoms with van der Waals surface area (Å²) < 4.78 is 5.09. The van der Waals surface area contributed by atoms with Gasteiger partial charge in [-0.3, -0.25) is 9.59 Å². The number of H-pyrrole nitrogens is 1. The molecule has 0 aliphatic rings. The van der Waals surface area contributed by atoms with E-state index < -0.39 is 0 Å². The van der Waals surface area contributed by atoms with Crippen LogP contribution in [0.15, 0.2) is 59.6 Å². The number of ether oxygens (including phenoxy) is 1. The van der Waals surface area contributed by atoms with E-state index in [9.17, 15) is 9.59 Å². The number of benzene rings is 2. The van der Waals surface area contributed by atoms with Crippen molar-refractivity contribution in [3.63, 3.8) is 0 Å². The van der Waals surface area contributed by atoms with Gasteiger partial charge in [0.05, 0.1) is 5.69 Å². The number of fused-ring (bicyclic) bond motifs is 1. The lowest BCUT2D eigenvalue weighted by Crippen LogP contribution is -2.21. The number of aryl methyl sites for hydroxylation is 1. The highest BCUT2D eigenvalue weighted by Crippen LogP contribution is 2.24. The van der Waals surface area contributed by atoms with E-state index in [-0.39, 0.29) is 24.9 Å². The first kappa shape index (κ1) is 18.1. The van der Waals surface area contributed by atoms with Crippen LogP contribution in [0.4, 0.5) is 5.69 Å². The highest BCUT2D eigenvalue weighted by atomic mass is 32.2. The second kappa shape index (κ2) is 8.58. The lowest BCUT2D eigenvalue weighted by molar-refractivity contribution is -0.147. The van der Waals surface area contributed by atoms with E-state index >= 15 is 0 Å². The van der Waals surface area contributed by atoms with Crippen molar-refractivity contribution in [2.45, 2.75) is 17.7 Å². The molecular weight excluding hydrogens is 348 g/mol. The first-order valence-corrected chi connectivity index (χ1v) is 9.53. The van der Waals surface area contributed by atoms with Crippen molar-refractivity contribution in [1.82, 2.24) is 4.98 Å². The monoisotopic (exact) mass is 368 g/mol. The molecule has 5 nitrogen and oxygen atoms in total. The van der Waals surface area contributed by atoms with Gasteiger partial charge in [0, 0.05) is 28.4 Å². The average Bonchev–Trinajstić information content (AvgIpc) is 3.08. The van der Waals surface area contributed by atoms with E-state index in [4.69, 9.17) is 4.74 Å². The molecule has 0 saturated heterocycles. The summed E-state index contributed by atoms with van der Waals surface area (Å²) in [7, 11) is 0. The number of anilines is 1. The second-order valence-electron chi connectivity index (χ2n) is 5.77. The molecule has 134 valence electrons. The van der Waals surface area contributed by atoms with Gasteiger partial charge in [0.2, 0.25) is 0 Å². The van der Waals surface area contributed by atoms with Crippen molar-refractivity contribution in [1.29, 1.82) is 0 Å². The molecule has 3 rings (SSSR count). The largest absolute Gasteiger partial charge is 0.456 e. The number of hydrogen-bond donors (Lipinski definition) is 2.